The molecule has 216 valence electrons. The molecule has 4 unspecified atom stereocenters. The van der Waals surface area contributed by atoms with E-state index < -0.39 is 47.9 Å². The second-order valence-corrected chi connectivity index (χ2v) is 9.81. The van der Waals surface area contributed by atoms with Crippen LogP contribution in [0.2, 0.25) is 0 Å². The minimum absolute atomic E-state index is 0.0843. The van der Waals surface area contributed by atoms with Gasteiger partial charge in [-0.05, 0) is 56.8 Å². The smallest absolute Gasteiger partial charge is 0.326 e. The summed E-state index contributed by atoms with van der Waals surface area (Å²) < 4.78 is 0. The minimum atomic E-state index is -1.18. The normalized spacial score (nSPS) is 14.3. The number of amides is 3. The summed E-state index contributed by atoms with van der Waals surface area (Å²) in [7, 11) is 0. The van der Waals surface area contributed by atoms with Crippen LogP contribution in [-0.2, 0) is 25.6 Å². The summed E-state index contributed by atoms with van der Waals surface area (Å²) in [5.74, 6) is -3.07. The van der Waals surface area contributed by atoms with Gasteiger partial charge in [0, 0.05) is 29.3 Å². The van der Waals surface area contributed by atoms with Crippen LogP contribution >= 0.6 is 12.6 Å². The number of carbonyl (C=O) groups excluding carboxylic acids is 3. The summed E-state index contributed by atoms with van der Waals surface area (Å²) >= 11 is 4.18. The van der Waals surface area contributed by atoms with Crippen molar-refractivity contribution in [2.45, 2.75) is 69.1 Å². The van der Waals surface area contributed by atoms with Crippen molar-refractivity contribution in [3.8, 4) is 0 Å². The Labute approximate surface area is 233 Å². The lowest BCUT2D eigenvalue weighted by Gasteiger charge is -2.24. The molecule has 0 fully saturated rings. The van der Waals surface area contributed by atoms with Gasteiger partial charge in [-0.15, -0.1) is 0 Å². The van der Waals surface area contributed by atoms with Crippen molar-refractivity contribution in [3.63, 3.8) is 0 Å². The van der Waals surface area contributed by atoms with Gasteiger partial charge in [0.1, 0.15) is 18.1 Å². The Balaban J connectivity index is 2.17. The van der Waals surface area contributed by atoms with Gasteiger partial charge in [0.25, 0.3) is 0 Å². The average Bonchev–Trinajstić information content (AvgIpc) is 3.33. The van der Waals surface area contributed by atoms with E-state index in [2.05, 4.69) is 33.6 Å². The van der Waals surface area contributed by atoms with Crippen LogP contribution in [0.4, 0.5) is 0 Å². The number of unbranched alkanes of at least 4 members (excludes halogenated alkanes) is 2. The minimum Gasteiger partial charge on any atom is -0.480 e. The third-order valence-electron chi connectivity index (χ3n) is 6.42. The predicted molar refractivity (Wildman–Crippen MR) is 153 cm³/mol. The maximum absolute atomic E-state index is 13.4. The molecule has 13 heteroatoms. The van der Waals surface area contributed by atoms with E-state index in [1.165, 1.54) is 0 Å². The zero-order chi connectivity index (χ0) is 28.8. The van der Waals surface area contributed by atoms with Gasteiger partial charge in [0.05, 0.1) is 6.04 Å². The number of aromatic nitrogens is 1. The maximum atomic E-state index is 13.4. The Kier molecular flexibility index (Phi) is 13.8. The number of hydrogen-bond donors (Lipinski definition) is 9. The number of carbonyl (C=O) groups is 4. The van der Waals surface area contributed by atoms with Gasteiger partial charge in [-0.25, -0.2) is 4.79 Å². The molecule has 0 aliphatic rings. The zero-order valence-electron chi connectivity index (χ0n) is 22.0. The maximum Gasteiger partial charge on any atom is 0.326 e. The summed E-state index contributed by atoms with van der Waals surface area (Å²) in [6, 6.07) is 3.41. The molecular formula is C26H41N7O5S. The molecule has 0 aliphatic carbocycles. The molecule has 0 radical (unpaired) electrons. The Bertz CT molecular complexity index is 1100. The van der Waals surface area contributed by atoms with E-state index in [0.717, 1.165) is 22.9 Å². The summed E-state index contributed by atoms with van der Waals surface area (Å²) in [5, 5.41) is 18.2. The Hall–Kier alpha value is -3.13. The quantitative estimate of drug-likeness (QED) is 0.0868. The van der Waals surface area contributed by atoms with E-state index in [4.69, 9.17) is 17.2 Å². The van der Waals surface area contributed by atoms with E-state index in [-0.39, 0.29) is 18.6 Å². The highest BCUT2D eigenvalue weighted by Crippen LogP contribution is 2.19. The van der Waals surface area contributed by atoms with Crippen molar-refractivity contribution in [2.24, 2.45) is 17.2 Å². The van der Waals surface area contributed by atoms with E-state index in [9.17, 15) is 24.3 Å². The number of aliphatic carboxylic acids is 1. The summed E-state index contributed by atoms with van der Waals surface area (Å²) in [6.07, 6.45) is 5.05. The molecule has 11 N–H and O–H groups in total. The van der Waals surface area contributed by atoms with Gasteiger partial charge in [0.15, 0.2) is 0 Å². The van der Waals surface area contributed by atoms with E-state index in [0.29, 0.717) is 38.8 Å². The molecule has 0 saturated heterocycles. The number of nitrogens with two attached hydrogens (primary N) is 3. The largest absolute Gasteiger partial charge is 0.480 e. The number of aromatic amines is 1. The summed E-state index contributed by atoms with van der Waals surface area (Å²) in [4.78, 5) is 53.9. The van der Waals surface area contributed by atoms with Crippen LogP contribution in [0, 0.1) is 0 Å². The lowest BCUT2D eigenvalue weighted by Crippen LogP contribution is -2.58. The van der Waals surface area contributed by atoms with Crippen LogP contribution in [0.1, 0.15) is 44.1 Å². The third kappa shape index (κ3) is 10.2. The highest BCUT2D eigenvalue weighted by Gasteiger charge is 2.30. The second kappa shape index (κ2) is 16.7. The van der Waals surface area contributed by atoms with Gasteiger partial charge < -0.3 is 43.2 Å². The van der Waals surface area contributed by atoms with E-state index in [1.807, 2.05) is 24.3 Å². The Morgan fingerprint density at radius 3 is 2.08 bits per heavy atom. The fraction of sp³-hybridized carbons (Fsp3) is 0.538. The van der Waals surface area contributed by atoms with Gasteiger partial charge in [-0.2, -0.15) is 12.6 Å². The van der Waals surface area contributed by atoms with Crippen LogP contribution < -0.4 is 33.2 Å². The first-order valence-corrected chi connectivity index (χ1v) is 13.8. The number of fused-ring (bicyclic) bond motifs is 1. The number of rotatable bonds is 18. The average molecular weight is 564 g/mol. The SMILES string of the molecule is NCCCCC(N)C(=O)NC(Cc1c[nH]c2ccccc12)C(=O)NC(CS)C(=O)NC(CCCCN)C(=O)O. The number of hydrogen-bond acceptors (Lipinski definition) is 8. The van der Waals surface area contributed by atoms with Gasteiger partial charge in [0.2, 0.25) is 17.7 Å². The fourth-order valence-electron chi connectivity index (χ4n) is 4.14. The second-order valence-electron chi connectivity index (χ2n) is 9.44. The van der Waals surface area contributed by atoms with Crippen LogP contribution in [-0.4, -0.2) is 76.8 Å². The molecule has 39 heavy (non-hydrogen) atoms. The van der Waals surface area contributed by atoms with Crippen molar-refractivity contribution in [3.05, 3.63) is 36.0 Å². The number of para-hydroxylation sites is 1. The first kappa shape index (κ1) is 32.1. The van der Waals surface area contributed by atoms with Crippen LogP contribution in [0.25, 0.3) is 10.9 Å². The van der Waals surface area contributed by atoms with Crippen LogP contribution in [0.15, 0.2) is 30.5 Å². The van der Waals surface area contributed by atoms with Crippen molar-refractivity contribution in [1.82, 2.24) is 20.9 Å². The highest BCUT2D eigenvalue weighted by atomic mass is 32.1. The number of nitrogens with one attached hydrogen (secondary N) is 4. The topological polar surface area (TPSA) is 218 Å². The summed E-state index contributed by atoms with van der Waals surface area (Å²) in [6.45, 7) is 0.901. The van der Waals surface area contributed by atoms with Crippen LogP contribution in [0.3, 0.4) is 0 Å². The summed E-state index contributed by atoms with van der Waals surface area (Å²) in [5.41, 5.74) is 18.7. The van der Waals surface area contributed by atoms with Gasteiger partial charge in [-0.1, -0.05) is 24.6 Å². The van der Waals surface area contributed by atoms with Crippen molar-refractivity contribution in [2.75, 3.05) is 18.8 Å². The van der Waals surface area contributed by atoms with Gasteiger partial charge in [-0.3, -0.25) is 14.4 Å². The fourth-order valence-corrected chi connectivity index (χ4v) is 4.39. The highest BCUT2D eigenvalue weighted by molar-refractivity contribution is 7.80. The lowest BCUT2D eigenvalue weighted by molar-refractivity contribution is -0.142. The number of carboxylic acid groups (broad SMARTS) is 1. The molecule has 2 aromatic rings. The molecule has 0 aliphatic heterocycles. The first-order chi connectivity index (χ1) is 18.7. The third-order valence-corrected chi connectivity index (χ3v) is 6.78. The molecule has 1 aromatic carbocycles. The Morgan fingerprint density at radius 1 is 0.846 bits per heavy atom. The molecule has 0 saturated carbocycles. The molecule has 1 heterocycles. The molecule has 12 nitrogen and oxygen atoms in total. The first-order valence-electron chi connectivity index (χ1n) is 13.2. The Morgan fingerprint density at radius 2 is 1.44 bits per heavy atom. The molecule has 0 bridgehead atoms. The molecule has 1 aromatic heterocycles. The molecule has 3 amide bonds. The van der Waals surface area contributed by atoms with E-state index >= 15 is 0 Å². The molecule has 4 atom stereocenters. The number of thiol groups is 1. The zero-order valence-corrected chi connectivity index (χ0v) is 22.9. The predicted octanol–water partition coefficient (Wildman–Crippen LogP) is -0.235. The van der Waals surface area contributed by atoms with Gasteiger partial charge >= 0.3 is 5.97 Å². The lowest BCUT2D eigenvalue weighted by atomic mass is 10.0. The number of carboxylic acids is 1. The number of benzene rings is 1. The molecule has 2 rings (SSSR count). The molecular weight excluding hydrogens is 522 g/mol. The molecule has 0 spiro atoms. The van der Waals surface area contributed by atoms with Crippen molar-refractivity contribution >= 4 is 47.2 Å². The van der Waals surface area contributed by atoms with Crippen molar-refractivity contribution in [1.29, 1.82) is 0 Å². The van der Waals surface area contributed by atoms with Crippen LogP contribution in [0.5, 0.6) is 0 Å². The standard InChI is InChI=1S/C26H41N7O5S/c27-11-5-3-8-18(29)23(34)32-21(13-16-14-30-19-9-2-1-7-17(16)19)24(35)33-22(15-39)25(36)31-20(26(37)38)10-4-6-12-28/h1-2,7,9,14,18,20-22,30,39H,3-6,8,10-13,15,27-29H2,(H,31,36)(H,32,34)(H,33,35)(H,37,38). The van der Waals surface area contributed by atoms with Crippen molar-refractivity contribution < 1.29 is 24.3 Å². The number of H-pyrrole nitrogens is 1. The van der Waals surface area contributed by atoms with E-state index in [1.54, 1.807) is 6.20 Å². The monoisotopic (exact) mass is 563 g/mol.